The minimum atomic E-state index is -0.346. The number of aromatic nitrogens is 1. The molecule has 3 rings (SSSR count). The minimum Gasteiger partial charge on any atom is -0.494 e. The third-order valence-electron chi connectivity index (χ3n) is 4.59. The van der Waals surface area contributed by atoms with E-state index >= 15 is 0 Å². The molecular weight excluding hydrogens is 354 g/mol. The number of amides is 1. The van der Waals surface area contributed by atoms with Crippen molar-refractivity contribution in [2.75, 3.05) is 6.61 Å². The number of hydrazine groups is 1. The average molecular weight is 381 g/mol. The molecule has 1 aliphatic rings. The van der Waals surface area contributed by atoms with Crippen molar-refractivity contribution in [1.82, 2.24) is 21.3 Å². The molecule has 7 heteroatoms. The zero-order valence-corrected chi connectivity index (χ0v) is 16.1. The molecule has 2 atom stereocenters. The SMILES string of the molecule is CCCCCOc1ccc(C2CC(C(=O)N/N=C\c3cccnc3)NN2)cc1. The zero-order chi connectivity index (χ0) is 19.6. The van der Waals surface area contributed by atoms with Gasteiger partial charge < -0.3 is 4.74 Å². The number of rotatable bonds is 9. The van der Waals surface area contributed by atoms with Crippen LogP contribution in [0.5, 0.6) is 5.75 Å². The highest BCUT2D eigenvalue weighted by molar-refractivity contribution is 5.84. The molecule has 3 N–H and O–H groups in total. The van der Waals surface area contributed by atoms with Gasteiger partial charge in [0.05, 0.1) is 12.8 Å². The van der Waals surface area contributed by atoms with Crippen LogP contribution >= 0.6 is 0 Å². The van der Waals surface area contributed by atoms with Gasteiger partial charge in [0.15, 0.2) is 0 Å². The van der Waals surface area contributed by atoms with Crippen molar-refractivity contribution in [2.24, 2.45) is 5.10 Å². The molecule has 1 fully saturated rings. The number of unbranched alkanes of at least 4 members (excludes halogenated alkanes) is 2. The standard InChI is InChI=1S/C21H27N5O2/c1-2-3-4-12-28-18-9-7-17(8-10-18)19-13-20(25-24-19)21(27)26-23-15-16-6-5-11-22-14-16/h5-11,14-15,19-20,24-25H,2-4,12-13H2,1H3,(H,26,27)/b23-15-. The Labute approximate surface area is 165 Å². The summed E-state index contributed by atoms with van der Waals surface area (Å²) < 4.78 is 5.75. The molecule has 1 aliphatic heterocycles. The Balaban J connectivity index is 1.45. The van der Waals surface area contributed by atoms with E-state index in [0.717, 1.165) is 29.9 Å². The molecule has 2 heterocycles. The summed E-state index contributed by atoms with van der Waals surface area (Å²) in [6.07, 6.45) is 9.03. The van der Waals surface area contributed by atoms with Gasteiger partial charge in [-0.05, 0) is 36.6 Å². The van der Waals surface area contributed by atoms with Gasteiger partial charge in [0, 0.05) is 24.0 Å². The lowest BCUT2D eigenvalue weighted by molar-refractivity contribution is -0.122. The van der Waals surface area contributed by atoms with Crippen LogP contribution in [0.2, 0.25) is 0 Å². The molecule has 7 nitrogen and oxygen atoms in total. The molecule has 1 amide bonds. The highest BCUT2D eigenvalue weighted by atomic mass is 16.5. The molecule has 28 heavy (non-hydrogen) atoms. The van der Waals surface area contributed by atoms with E-state index in [1.54, 1.807) is 18.6 Å². The maximum absolute atomic E-state index is 12.3. The number of ether oxygens (including phenoxy) is 1. The van der Waals surface area contributed by atoms with E-state index in [0.29, 0.717) is 6.42 Å². The first-order chi connectivity index (χ1) is 13.8. The van der Waals surface area contributed by atoms with Crippen molar-refractivity contribution in [2.45, 2.75) is 44.7 Å². The summed E-state index contributed by atoms with van der Waals surface area (Å²) in [5.41, 5.74) is 10.7. The number of hydrazone groups is 1. The molecule has 0 saturated carbocycles. The highest BCUT2D eigenvalue weighted by Crippen LogP contribution is 2.24. The summed E-state index contributed by atoms with van der Waals surface area (Å²) >= 11 is 0. The lowest BCUT2D eigenvalue weighted by Crippen LogP contribution is -2.41. The number of carbonyl (C=O) groups excluding carboxylic acids is 1. The third kappa shape index (κ3) is 5.87. The van der Waals surface area contributed by atoms with Crippen LogP contribution in [0.4, 0.5) is 0 Å². The summed E-state index contributed by atoms with van der Waals surface area (Å²) in [5, 5.41) is 3.99. The number of hydrogen-bond acceptors (Lipinski definition) is 6. The number of pyridine rings is 1. The molecule has 1 saturated heterocycles. The number of hydrogen-bond donors (Lipinski definition) is 3. The summed E-state index contributed by atoms with van der Waals surface area (Å²) in [7, 11) is 0. The maximum Gasteiger partial charge on any atom is 0.258 e. The second-order valence-corrected chi connectivity index (χ2v) is 6.77. The smallest absolute Gasteiger partial charge is 0.258 e. The van der Waals surface area contributed by atoms with Crippen LogP contribution in [0, 0.1) is 0 Å². The van der Waals surface area contributed by atoms with Gasteiger partial charge in [-0.15, -0.1) is 0 Å². The van der Waals surface area contributed by atoms with Crippen LogP contribution in [0.15, 0.2) is 53.9 Å². The van der Waals surface area contributed by atoms with Gasteiger partial charge in [-0.3, -0.25) is 9.78 Å². The summed E-state index contributed by atoms with van der Waals surface area (Å²) in [6.45, 7) is 2.93. The molecule has 1 aromatic heterocycles. The van der Waals surface area contributed by atoms with Crippen LogP contribution < -0.4 is 21.0 Å². The molecule has 0 spiro atoms. The Morgan fingerprint density at radius 2 is 2.14 bits per heavy atom. The van der Waals surface area contributed by atoms with E-state index in [-0.39, 0.29) is 18.0 Å². The number of nitrogens with zero attached hydrogens (tertiary/aromatic N) is 2. The summed E-state index contributed by atoms with van der Waals surface area (Å²) in [4.78, 5) is 16.3. The van der Waals surface area contributed by atoms with Crippen molar-refractivity contribution < 1.29 is 9.53 Å². The van der Waals surface area contributed by atoms with Gasteiger partial charge in [0.2, 0.25) is 0 Å². The average Bonchev–Trinajstić information content (AvgIpc) is 3.23. The Morgan fingerprint density at radius 3 is 2.89 bits per heavy atom. The van der Waals surface area contributed by atoms with Gasteiger partial charge in [0.25, 0.3) is 5.91 Å². The van der Waals surface area contributed by atoms with Crippen molar-refractivity contribution in [3.63, 3.8) is 0 Å². The van der Waals surface area contributed by atoms with Crippen molar-refractivity contribution >= 4 is 12.1 Å². The van der Waals surface area contributed by atoms with E-state index in [1.165, 1.54) is 12.8 Å². The molecule has 148 valence electrons. The van der Waals surface area contributed by atoms with Crippen LogP contribution in [-0.2, 0) is 4.79 Å². The first-order valence-corrected chi connectivity index (χ1v) is 9.73. The largest absolute Gasteiger partial charge is 0.494 e. The lowest BCUT2D eigenvalue weighted by Gasteiger charge is -2.11. The van der Waals surface area contributed by atoms with Crippen LogP contribution in [-0.4, -0.2) is 29.8 Å². The van der Waals surface area contributed by atoms with Crippen LogP contribution in [0.25, 0.3) is 0 Å². The fraction of sp³-hybridized carbons (Fsp3) is 0.381. The van der Waals surface area contributed by atoms with E-state index in [1.807, 2.05) is 36.4 Å². The molecule has 0 aliphatic carbocycles. The first kappa shape index (κ1) is 20.0. The van der Waals surface area contributed by atoms with Crippen LogP contribution in [0.3, 0.4) is 0 Å². The van der Waals surface area contributed by atoms with Gasteiger partial charge in [-0.1, -0.05) is 38.0 Å². The summed E-state index contributed by atoms with van der Waals surface area (Å²) in [6, 6.07) is 11.4. The molecule has 2 aromatic rings. The molecule has 0 bridgehead atoms. The van der Waals surface area contributed by atoms with E-state index in [9.17, 15) is 4.79 Å². The van der Waals surface area contributed by atoms with Crippen molar-refractivity contribution in [3.05, 3.63) is 59.9 Å². The normalized spacial score (nSPS) is 19.0. The van der Waals surface area contributed by atoms with E-state index in [4.69, 9.17) is 4.74 Å². The second-order valence-electron chi connectivity index (χ2n) is 6.77. The topological polar surface area (TPSA) is 87.6 Å². The molecule has 0 radical (unpaired) electrons. The first-order valence-electron chi connectivity index (χ1n) is 9.73. The van der Waals surface area contributed by atoms with Crippen molar-refractivity contribution in [3.8, 4) is 5.75 Å². The Bertz CT molecular complexity index is 764. The van der Waals surface area contributed by atoms with Gasteiger partial charge >= 0.3 is 0 Å². The van der Waals surface area contributed by atoms with Gasteiger partial charge in [-0.25, -0.2) is 16.3 Å². The van der Waals surface area contributed by atoms with E-state index < -0.39 is 0 Å². The highest BCUT2D eigenvalue weighted by Gasteiger charge is 2.30. The number of carbonyl (C=O) groups is 1. The quantitative estimate of drug-likeness (QED) is 0.353. The number of benzene rings is 1. The lowest BCUT2D eigenvalue weighted by atomic mass is 10.0. The van der Waals surface area contributed by atoms with Crippen molar-refractivity contribution in [1.29, 1.82) is 0 Å². The van der Waals surface area contributed by atoms with Crippen LogP contribution in [0.1, 0.15) is 49.8 Å². The molecule has 1 aromatic carbocycles. The maximum atomic E-state index is 12.3. The fourth-order valence-corrected chi connectivity index (χ4v) is 2.99. The predicted octanol–water partition coefficient (Wildman–Crippen LogP) is 2.71. The Kier molecular flexibility index (Phi) is 7.52. The van der Waals surface area contributed by atoms with E-state index in [2.05, 4.69) is 33.3 Å². The zero-order valence-electron chi connectivity index (χ0n) is 16.1. The Morgan fingerprint density at radius 1 is 1.29 bits per heavy atom. The third-order valence-corrected chi connectivity index (χ3v) is 4.59. The molecule has 2 unspecified atom stereocenters. The monoisotopic (exact) mass is 381 g/mol. The second kappa shape index (κ2) is 10.5. The van der Waals surface area contributed by atoms with Gasteiger partial charge in [0.1, 0.15) is 11.8 Å². The van der Waals surface area contributed by atoms with Gasteiger partial charge in [-0.2, -0.15) is 5.10 Å². The minimum absolute atomic E-state index is 0.0622. The Hall–Kier alpha value is -2.77. The number of nitrogens with one attached hydrogen (secondary N) is 3. The fourth-order valence-electron chi connectivity index (χ4n) is 2.99. The molecular formula is C21H27N5O2. The predicted molar refractivity (Wildman–Crippen MR) is 109 cm³/mol. The summed E-state index contributed by atoms with van der Waals surface area (Å²) in [5.74, 6) is 0.704.